The maximum atomic E-state index is 12.0. The molecule has 0 heterocycles. The summed E-state index contributed by atoms with van der Waals surface area (Å²) < 4.78 is 0. The molecule has 1 atom stereocenters. The van der Waals surface area contributed by atoms with Crippen LogP contribution in [0.2, 0.25) is 0 Å². The van der Waals surface area contributed by atoms with Crippen LogP contribution in [0.4, 0.5) is 0 Å². The van der Waals surface area contributed by atoms with Crippen molar-refractivity contribution >= 4 is 23.7 Å². The van der Waals surface area contributed by atoms with Gasteiger partial charge < -0.3 is 21.1 Å². The first kappa shape index (κ1) is 19.1. The van der Waals surface area contributed by atoms with Gasteiger partial charge in [0.15, 0.2) is 0 Å². The minimum atomic E-state index is -0.950. The second-order valence-corrected chi connectivity index (χ2v) is 5.15. The monoisotopic (exact) mass is 335 g/mol. The number of carboxylic acids is 1. The lowest BCUT2D eigenvalue weighted by Gasteiger charge is -2.18. The van der Waals surface area contributed by atoms with Gasteiger partial charge in [0, 0.05) is 13.3 Å². The summed E-state index contributed by atoms with van der Waals surface area (Å²) in [5.74, 6) is -2.21. The summed E-state index contributed by atoms with van der Waals surface area (Å²) in [6.45, 7) is 0.825. The fourth-order valence-corrected chi connectivity index (χ4v) is 1.97. The van der Waals surface area contributed by atoms with Crippen molar-refractivity contribution in [2.24, 2.45) is 0 Å². The number of hydrogen-bond acceptors (Lipinski definition) is 4. The van der Waals surface area contributed by atoms with E-state index < -0.39 is 23.8 Å². The molecule has 0 saturated carbocycles. The van der Waals surface area contributed by atoms with Crippen LogP contribution in [0.3, 0.4) is 0 Å². The van der Waals surface area contributed by atoms with Gasteiger partial charge in [-0.1, -0.05) is 30.3 Å². The summed E-state index contributed by atoms with van der Waals surface area (Å²) in [6.07, 6.45) is 0.152. The van der Waals surface area contributed by atoms with E-state index in [0.29, 0.717) is 0 Å². The van der Waals surface area contributed by atoms with Gasteiger partial charge in [-0.05, 0) is 12.0 Å². The van der Waals surface area contributed by atoms with Crippen molar-refractivity contribution in [2.75, 3.05) is 13.1 Å². The van der Waals surface area contributed by atoms with Gasteiger partial charge in [0.1, 0.15) is 0 Å². The summed E-state index contributed by atoms with van der Waals surface area (Å²) in [7, 11) is 0. The fraction of sp³-hybridized carbons (Fsp3) is 0.375. The van der Waals surface area contributed by atoms with Gasteiger partial charge in [0.25, 0.3) is 0 Å². The first-order valence-electron chi connectivity index (χ1n) is 7.45. The predicted molar refractivity (Wildman–Crippen MR) is 85.9 cm³/mol. The molecule has 1 aromatic rings. The van der Waals surface area contributed by atoms with Crippen molar-refractivity contribution in [3.63, 3.8) is 0 Å². The van der Waals surface area contributed by atoms with E-state index in [1.807, 2.05) is 6.07 Å². The first-order valence-corrected chi connectivity index (χ1v) is 7.45. The van der Waals surface area contributed by atoms with Crippen LogP contribution in [-0.2, 0) is 19.2 Å². The van der Waals surface area contributed by atoms with Crippen molar-refractivity contribution in [3.05, 3.63) is 35.9 Å². The number of carbonyl (C=O) groups excluding carboxylic acids is 3. The van der Waals surface area contributed by atoms with E-state index in [9.17, 15) is 19.2 Å². The summed E-state index contributed by atoms with van der Waals surface area (Å²) >= 11 is 0. The van der Waals surface area contributed by atoms with Gasteiger partial charge in [-0.15, -0.1) is 0 Å². The number of rotatable bonds is 9. The standard InChI is InChI=1S/C16H21N3O5/c1-11(20)17-9-14(21)18-10-15(22)19-13(7-8-16(23)24)12-5-3-2-4-6-12/h2-6,13H,7-10H2,1H3,(H,17,20)(H,18,21)(H,19,22)(H,23,24). The summed E-state index contributed by atoms with van der Waals surface area (Å²) in [6, 6.07) is 8.54. The highest BCUT2D eigenvalue weighted by atomic mass is 16.4. The molecule has 0 aromatic heterocycles. The summed E-state index contributed by atoms with van der Waals surface area (Å²) in [5, 5.41) is 16.2. The van der Waals surface area contributed by atoms with Crippen LogP contribution < -0.4 is 16.0 Å². The molecule has 1 aromatic carbocycles. The molecule has 4 N–H and O–H groups in total. The van der Waals surface area contributed by atoms with Crippen LogP contribution in [0.25, 0.3) is 0 Å². The minimum Gasteiger partial charge on any atom is -0.481 e. The van der Waals surface area contributed by atoms with Gasteiger partial charge in [0.2, 0.25) is 17.7 Å². The Morgan fingerprint density at radius 2 is 1.62 bits per heavy atom. The van der Waals surface area contributed by atoms with Crippen molar-refractivity contribution in [1.82, 2.24) is 16.0 Å². The molecule has 0 radical (unpaired) electrons. The zero-order valence-corrected chi connectivity index (χ0v) is 13.4. The Bertz CT molecular complexity index is 589. The Morgan fingerprint density at radius 1 is 1.00 bits per heavy atom. The van der Waals surface area contributed by atoms with Crippen LogP contribution in [-0.4, -0.2) is 41.9 Å². The van der Waals surface area contributed by atoms with Gasteiger partial charge in [-0.2, -0.15) is 0 Å². The van der Waals surface area contributed by atoms with Crippen molar-refractivity contribution in [3.8, 4) is 0 Å². The highest BCUT2D eigenvalue weighted by Crippen LogP contribution is 2.18. The average molecular weight is 335 g/mol. The number of amides is 3. The molecular weight excluding hydrogens is 314 g/mol. The van der Waals surface area contributed by atoms with Crippen LogP contribution >= 0.6 is 0 Å². The second-order valence-electron chi connectivity index (χ2n) is 5.15. The zero-order valence-electron chi connectivity index (χ0n) is 13.4. The molecule has 0 fully saturated rings. The van der Waals surface area contributed by atoms with E-state index in [0.717, 1.165) is 5.56 Å². The zero-order chi connectivity index (χ0) is 17.9. The highest BCUT2D eigenvalue weighted by molar-refractivity contribution is 5.87. The Morgan fingerprint density at radius 3 is 2.21 bits per heavy atom. The van der Waals surface area contributed by atoms with Gasteiger partial charge in [0.05, 0.1) is 19.1 Å². The van der Waals surface area contributed by atoms with E-state index in [1.54, 1.807) is 24.3 Å². The lowest BCUT2D eigenvalue weighted by Crippen LogP contribution is -2.42. The molecule has 8 heteroatoms. The van der Waals surface area contributed by atoms with Gasteiger partial charge in [-0.3, -0.25) is 19.2 Å². The molecule has 24 heavy (non-hydrogen) atoms. The fourth-order valence-electron chi connectivity index (χ4n) is 1.97. The van der Waals surface area contributed by atoms with Crippen LogP contribution in [0.15, 0.2) is 30.3 Å². The lowest BCUT2D eigenvalue weighted by molar-refractivity contribution is -0.137. The van der Waals surface area contributed by atoms with Crippen molar-refractivity contribution < 1.29 is 24.3 Å². The molecule has 0 bridgehead atoms. The van der Waals surface area contributed by atoms with Crippen LogP contribution in [0.5, 0.6) is 0 Å². The van der Waals surface area contributed by atoms with Crippen LogP contribution in [0, 0.1) is 0 Å². The largest absolute Gasteiger partial charge is 0.481 e. The van der Waals surface area contributed by atoms with E-state index in [-0.39, 0.29) is 31.8 Å². The highest BCUT2D eigenvalue weighted by Gasteiger charge is 2.16. The number of hydrogen-bond donors (Lipinski definition) is 4. The molecule has 130 valence electrons. The summed E-state index contributed by atoms with van der Waals surface area (Å²) in [5.41, 5.74) is 0.789. The van der Waals surface area contributed by atoms with Crippen molar-refractivity contribution in [2.45, 2.75) is 25.8 Å². The molecule has 1 unspecified atom stereocenters. The van der Waals surface area contributed by atoms with E-state index in [4.69, 9.17) is 5.11 Å². The number of aliphatic carboxylic acids is 1. The third-order valence-electron chi connectivity index (χ3n) is 3.13. The number of benzene rings is 1. The topological polar surface area (TPSA) is 125 Å². The Hall–Kier alpha value is -2.90. The molecule has 0 aliphatic heterocycles. The normalized spacial score (nSPS) is 11.2. The smallest absolute Gasteiger partial charge is 0.303 e. The molecule has 0 saturated heterocycles. The number of nitrogens with one attached hydrogen (secondary N) is 3. The van der Waals surface area contributed by atoms with E-state index in [1.165, 1.54) is 6.92 Å². The Balaban J connectivity index is 2.53. The molecule has 1 rings (SSSR count). The number of carboxylic acid groups (broad SMARTS) is 1. The Labute approximate surface area is 139 Å². The average Bonchev–Trinajstić information content (AvgIpc) is 2.55. The van der Waals surface area contributed by atoms with Gasteiger partial charge in [-0.25, -0.2) is 0 Å². The van der Waals surface area contributed by atoms with E-state index >= 15 is 0 Å². The SMILES string of the molecule is CC(=O)NCC(=O)NCC(=O)NC(CCC(=O)O)c1ccccc1. The Kier molecular flexibility index (Phi) is 7.97. The molecule has 8 nitrogen and oxygen atoms in total. The third kappa shape index (κ3) is 7.92. The maximum absolute atomic E-state index is 12.0. The van der Waals surface area contributed by atoms with Crippen molar-refractivity contribution in [1.29, 1.82) is 0 Å². The predicted octanol–water partition coefficient (Wildman–Crippen LogP) is -0.0390. The van der Waals surface area contributed by atoms with Gasteiger partial charge >= 0.3 is 5.97 Å². The quantitative estimate of drug-likeness (QED) is 0.504. The number of carbonyl (C=O) groups is 4. The molecule has 3 amide bonds. The second kappa shape index (κ2) is 9.98. The third-order valence-corrected chi connectivity index (χ3v) is 3.13. The van der Waals surface area contributed by atoms with Crippen LogP contribution in [0.1, 0.15) is 31.4 Å². The maximum Gasteiger partial charge on any atom is 0.303 e. The van der Waals surface area contributed by atoms with E-state index in [2.05, 4.69) is 16.0 Å². The lowest BCUT2D eigenvalue weighted by atomic mass is 10.0. The first-order chi connectivity index (χ1) is 11.4. The molecular formula is C16H21N3O5. The molecule has 0 spiro atoms. The summed E-state index contributed by atoms with van der Waals surface area (Å²) in [4.78, 5) is 44.8. The molecule has 0 aliphatic carbocycles. The molecule has 0 aliphatic rings. The minimum absolute atomic E-state index is 0.0886.